The van der Waals surface area contributed by atoms with Gasteiger partial charge in [-0.05, 0) is 18.2 Å². The van der Waals surface area contributed by atoms with Crippen LogP contribution < -0.4 is 0 Å². The molecule has 72 valence electrons. The first kappa shape index (κ1) is 9.21. The highest BCUT2D eigenvalue weighted by Crippen LogP contribution is 2.24. The topological polar surface area (TPSA) is 22.0 Å². The molecule has 0 atom stereocenters. The van der Waals surface area contributed by atoms with Crippen molar-refractivity contribution >= 4 is 28.8 Å². The van der Waals surface area contributed by atoms with Crippen molar-refractivity contribution in [2.24, 2.45) is 7.05 Å². The van der Waals surface area contributed by atoms with Gasteiger partial charge in [0.2, 0.25) is 0 Å². The summed E-state index contributed by atoms with van der Waals surface area (Å²) in [6.07, 6.45) is 0.728. The molecule has 2 nitrogen and oxygen atoms in total. The highest BCUT2D eigenvalue weighted by Gasteiger charge is 2.08. The van der Waals surface area contributed by atoms with E-state index in [-0.39, 0.29) is 5.02 Å². The van der Waals surface area contributed by atoms with E-state index in [1.165, 1.54) is 12.1 Å². The molecular weight excluding hydrogens is 205 g/mol. The number of carbonyl (C=O) groups is 1. The molecule has 0 unspecified atom stereocenters. The van der Waals surface area contributed by atoms with Crippen molar-refractivity contribution in [2.75, 3.05) is 0 Å². The van der Waals surface area contributed by atoms with Gasteiger partial charge in [-0.3, -0.25) is 4.79 Å². The fourth-order valence-corrected chi connectivity index (χ4v) is 1.64. The van der Waals surface area contributed by atoms with E-state index >= 15 is 0 Å². The second-order valence-electron chi connectivity index (χ2n) is 3.07. The molecule has 2 aromatic rings. The molecule has 0 spiro atoms. The number of hydrogen-bond donors (Lipinski definition) is 0. The molecule has 0 N–H and O–H groups in total. The Morgan fingerprint density at radius 1 is 1.43 bits per heavy atom. The highest BCUT2D eigenvalue weighted by atomic mass is 35.5. The molecular formula is C10H7ClFNO. The Hall–Kier alpha value is -1.35. The summed E-state index contributed by atoms with van der Waals surface area (Å²) in [5.74, 6) is -0.474. The zero-order chi connectivity index (χ0) is 10.3. The molecule has 14 heavy (non-hydrogen) atoms. The predicted molar refractivity (Wildman–Crippen MR) is 53.3 cm³/mol. The standard InChI is InChI=1S/C10H7ClFNO/c1-13-7(5-14)2-6-3-8(11)9(12)4-10(6)13/h2-5H,1H3. The predicted octanol–water partition coefficient (Wildman–Crippen LogP) is 2.78. The number of hydrogen-bond acceptors (Lipinski definition) is 1. The van der Waals surface area contributed by atoms with Crippen molar-refractivity contribution in [1.82, 2.24) is 4.57 Å². The van der Waals surface area contributed by atoms with Crippen LogP contribution in [0.2, 0.25) is 5.02 Å². The minimum atomic E-state index is -0.474. The lowest BCUT2D eigenvalue weighted by Crippen LogP contribution is -1.93. The number of aryl methyl sites for hydroxylation is 1. The van der Waals surface area contributed by atoms with E-state index in [4.69, 9.17) is 11.6 Å². The molecule has 0 saturated heterocycles. The Labute approximate surface area is 84.9 Å². The summed E-state index contributed by atoms with van der Waals surface area (Å²) in [4.78, 5) is 10.6. The van der Waals surface area contributed by atoms with Crippen LogP contribution >= 0.6 is 11.6 Å². The summed E-state index contributed by atoms with van der Waals surface area (Å²) >= 11 is 5.62. The molecule has 1 aromatic heterocycles. The molecule has 2 rings (SSSR count). The molecule has 0 aliphatic carbocycles. The molecule has 0 aliphatic heterocycles. The maximum absolute atomic E-state index is 13.1. The van der Waals surface area contributed by atoms with Gasteiger partial charge in [-0.15, -0.1) is 0 Å². The van der Waals surface area contributed by atoms with Gasteiger partial charge in [0, 0.05) is 12.4 Å². The number of rotatable bonds is 1. The van der Waals surface area contributed by atoms with Crippen molar-refractivity contribution in [1.29, 1.82) is 0 Å². The average molecular weight is 212 g/mol. The van der Waals surface area contributed by atoms with E-state index in [1.807, 2.05) is 0 Å². The molecule has 0 amide bonds. The molecule has 0 fully saturated rings. The molecule has 1 aromatic carbocycles. The number of fused-ring (bicyclic) bond motifs is 1. The third-order valence-electron chi connectivity index (χ3n) is 2.24. The quantitative estimate of drug-likeness (QED) is 0.665. The van der Waals surface area contributed by atoms with Gasteiger partial charge in [-0.25, -0.2) is 4.39 Å². The Morgan fingerprint density at radius 3 is 2.79 bits per heavy atom. The largest absolute Gasteiger partial charge is 0.341 e. The molecule has 0 saturated carbocycles. The van der Waals surface area contributed by atoms with Crippen LogP contribution in [-0.4, -0.2) is 10.9 Å². The van der Waals surface area contributed by atoms with Crippen LogP contribution in [-0.2, 0) is 7.05 Å². The number of carbonyl (C=O) groups excluding carboxylic acids is 1. The summed E-state index contributed by atoms with van der Waals surface area (Å²) in [7, 11) is 1.71. The Kier molecular flexibility index (Phi) is 2.04. The fraction of sp³-hybridized carbons (Fsp3) is 0.100. The van der Waals surface area contributed by atoms with E-state index in [1.54, 1.807) is 17.7 Å². The highest BCUT2D eigenvalue weighted by molar-refractivity contribution is 6.31. The molecule has 0 radical (unpaired) electrons. The smallest absolute Gasteiger partial charge is 0.166 e. The third-order valence-corrected chi connectivity index (χ3v) is 2.53. The van der Waals surface area contributed by atoms with E-state index in [0.717, 1.165) is 11.7 Å². The van der Waals surface area contributed by atoms with Gasteiger partial charge in [0.05, 0.1) is 16.2 Å². The van der Waals surface area contributed by atoms with Crippen LogP contribution in [0.15, 0.2) is 18.2 Å². The first-order valence-electron chi connectivity index (χ1n) is 4.03. The first-order chi connectivity index (χ1) is 6.63. The second kappa shape index (κ2) is 3.10. The minimum Gasteiger partial charge on any atom is -0.341 e. The molecule has 1 heterocycles. The van der Waals surface area contributed by atoms with Crippen LogP contribution in [0.3, 0.4) is 0 Å². The minimum absolute atomic E-state index is 0.0700. The number of benzene rings is 1. The maximum Gasteiger partial charge on any atom is 0.166 e. The van der Waals surface area contributed by atoms with Gasteiger partial charge in [-0.2, -0.15) is 0 Å². The van der Waals surface area contributed by atoms with E-state index in [0.29, 0.717) is 11.2 Å². The summed E-state index contributed by atoms with van der Waals surface area (Å²) in [5.41, 5.74) is 1.16. The summed E-state index contributed by atoms with van der Waals surface area (Å²) < 4.78 is 14.7. The van der Waals surface area contributed by atoms with E-state index in [9.17, 15) is 9.18 Å². The van der Waals surface area contributed by atoms with Gasteiger partial charge >= 0.3 is 0 Å². The monoisotopic (exact) mass is 211 g/mol. The lowest BCUT2D eigenvalue weighted by molar-refractivity contribution is 0.111. The zero-order valence-corrected chi connectivity index (χ0v) is 8.18. The lowest BCUT2D eigenvalue weighted by Gasteiger charge is -1.98. The van der Waals surface area contributed by atoms with E-state index < -0.39 is 5.82 Å². The van der Waals surface area contributed by atoms with Crippen molar-refractivity contribution in [3.63, 3.8) is 0 Å². The Morgan fingerprint density at radius 2 is 2.14 bits per heavy atom. The van der Waals surface area contributed by atoms with Gasteiger partial charge in [-0.1, -0.05) is 11.6 Å². The van der Waals surface area contributed by atoms with Crippen LogP contribution in [0.5, 0.6) is 0 Å². The first-order valence-corrected chi connectivity index (χ1v) is 4.41. The summed E-state index contributed by atoms with van der Waals surface area (Å²) in [5, 5.41) is 0.835. The lowest BCUT2D eigenvalue weighted by atomic mass is 10.2. The number of nitrogens with zero attached hydrogens (tertiary/aromatic N) is 1. The molecule has 0 bridgehead atoms. The van der Waals surface area contributed by atoms with Crippen molar-refractivity contribution in [3.8, 4) is 0 Å². The van der Waals surface area contributed by atoms with Crippen LogP contribution in [0.4, 0.5) is 4.39 Å². The second-order valence-corrected chi connectivity index (χ2v) is 3.48. The SMILES string of the molecule is Cn1c(C=O)cc2cc(Cl)c(F)cc21. The number of aldehydes is 1. The summed E-state index contributed by atoms with van der Waals surface area (Å²) in [6, 6.07) is 4.51. The number of aromatic nitrogens is 1. The van der Waals surface area contributed by atoms with Crippen molar-refractivity contribution < 1.29 is 9.18 Å². The molecule has 0 aliphatic rings. The van der Waals surface area contributed by atoms with Crippen molar-refractivity contribution in [3.05, 3.63) is 34.7 Å². The van der Waals surface area contributed by atoms with Crippen LogP contribution in [0.25, 0.3) is 10.9 Å². The Bertz CT molecular complexity index is 518. The normalized spacial score (nSPS) is 10.8. The summed E-state index contributed by atoms with van der Waals surface area (Å²) in [6.45, 7) is 0. The zero-order valence-electron chi connectivity index (χ0n) is 7.42. The van der Waals surface area contributed by atoms with Crippen molar-refractivity contribution in [2.45, 2.75) is 0 Å². The average Bonchev–Trinajstić information content (AvgIpc) is 2.45. The molecule has 4 heteroatoms. The van der Waals surface area contributed by atoms with Gasteiger partial charge in [0.25, 0.3) is 0 Å². The Balaban J connectivity index is 2.86. The van der Waals surface area contributed by atoms with Gasteiger partial charge < -0.3 is 4.57 Å². The fourth-order valence-electron chi connectivity index (χ4n) is 1.47. The number of halogens is 2. The van der Waals surface area contributed by atoms with Gasteiger partial charge in [0.15, 0.2) is 6.29 Å². The van der Waals surface area contributed by atoms with Gasteiger partial charge in [0.1, 0.15) is 5.82 Å². The maximum atomic E-state index is 13.1. The third kappa shape index (κ3) is 1.21. The van der Waals surface area contributed by atoms with Crippen LogP contribution in [0.1, 0.15) is 10.5 Å². The van der Waals surface area contributed by atoms with E-state index in [2.05, 4.69) is 0 Å². The van der Waals surface area contributed by atoms with Crippen LogP contribution in [0, 0.1) is 5.82 Å².